The number of likely N-dealkylation sites (tertiary alicyclic amines) is 1. The van der Waals surface area contributed by atoms with Crippen molar-refractivity contribution in [2.45, 2.75) is 41.0 Å². The number of rotatable bonds is 4. The number of hydrogen-bond donors (Lipinski definition) is 1. The fourth-order valence-corrected chi connectivity index (χ4v) is 2.59. The molecule has 20 heavy (non-hydrogen) atoms. The van der Waals surface area contributed by atoms with Gasteiger partial charge in [0.1, 0.15) is 0 Å². The third-order valence-electron chi connectivity index (χ3n) is 4.25. The van der Waals surface area contributed by atoms with Crippen LogP contribution in [0.1, 0.15) is 41.0 Å². The number of carbonyl (C=O) groups excluding carboxylic acids is 1. The number of urea groups is 1. The molecule has 0 radical (unpaired) electrons. The van der Waals surface area contributed by atoms with Gasteiger partial charge in [0, 0.05) is 26.2 Å². The van der Waals surface area contributed by atoms with Crippen LogP contribution >= 0.6 is 0 Å². The first-order valence-corrected chi connectivity index (χ1v) is 7.43. The number of carboxylic acid groups (broad SMARTS) is 1. The van der Waals surface area contributed by atoms with Gasteiger partial charge in [-0.05, 0) is 24.7 Å². The Morgan fingerprint density at radius 2 is 2.00 bits per heavy atom. The van der Waals surface area contributed by atoms with Crippen LogP contribution in [-0.4, -0.2) is 53.1 Å². The monoisotopic (exact) mass is 284 g/mol. The zero-order chi connectivity index (χ0) is 15.5. The van der Waals surface area contributed by atoms with Gasteiger partial charge in [0.25, 0.3) is 0 Å². The molecule has 5 heteroatoms. The van der Waals surface area contributed by atoms with E-state index in [1.807, 2.05) is 11.8 Å². The minimum Gasteiger partial charge on any atom is -0.481 e. The molecular formula is C15H28N2O3. The predicted octanol–water partition coefficient (Wildman–Crippen LogP) is 2.52. The summed E-state index contributed by atoms with van der Waals surface area (Å²) in [6, 6.07) is -0.0210. The lowest BCUT2D eigenvalue weighted by molar-refractivity contribution is -0.141. The number of nitrogens with zero attached hydrogens (tertiary/aromatic N) is 2. The molecule has 2 unspecified atom stereocenters. The summed E-state index contributed by atoms with van der Waals surface area (Å²) < 4.78 is 0. The quantitative estimate of drug-likeness (QED) is 0.863. The predicted molar refractivity (Wildman–Crippen MR) is 78.6 cm³/mol. The Hall–Kier alpha value is -1.26. The molecule has 2 atom stereocenters. The van der Waals surface area contributed by atoms with E-state index in [4.69, 9.17) is 5.11 Å². The summed E-state index contributed by atoms with van der Waals surface area (Å²) in [6.45, 7) is 12.5. The van der Waals surface area contributed by atoms with Crippen molar-refractivity contribution < 1.29 is 14.7 Å². The maximum atomic E-state index is 12.5. The van der Waals surface area contributed by atoms with Crippen molar-refractivity contribution in [1.29, 1.82) is 0 Å². The van der Waals surface area contributed by atoms with Crippen molar-refractivity contribution in [3.8, 4) is 0 Å². The lowest BCUT2D eigenvalue weighted by Gasteiger charge is -2.30. The molecule has 5 nitrogen and oxygen atoms in total. The summed E-state index contributed by atoms with van der Waals surface area (Å²) in [6.07, 6.45) is 1.03. The van der Waals surface area contributed by atoms with Crippen LogP contribution in [0.2, 0.25) is 0 Å². The largest absolute Gasteiger partial charge is 0.481 e. The molecule has 0 saturated carbocycles. The topological polar surface area (TPSA) is 60.9 Å². The third kappa shape index (κ3) is 4.12. The van der Waals surface area contributed by atoms with E-state index < -0.39 is 11.9 Å². The van der Waals surface area contributed by atoms with E-state index in [1.165, 1.54) is 0 Å². The highest BCUT2D eigenvalue weighted by atomic mass is 16.4. The Bertz CT molecular complexity index is 363. The summed E-state index contributed by atoms with van der Waals surface area (Å²) in [5, 5.41) is 8.97. The minimum atomic E-state index is -0.856. The molecule has 1 N–H and O–H groups in total. The van der Waals surface area contributed by atoms with Gasteiger partial charge in [-0.1, -0.05) is 27.7 Å². The van der Waals surface area contributed by atoms with Crippen LogP contribution in [0.5, 0.6) is 0 Å². The average molecular weight is 284 g/mol. The fraction of sp³-hybridized carbons (Fsp3) is 0.867. The highest BCUT2D eigenvalue weighted by molar-refractivity contribution is 5.76. The van der Waals surface area contributed by atoms with Gasteiger partial charge in [0.2, 0.25) is 0 Å². The SMILES string of the molecule is CCN(CC(C)C(=O)O)C(=O)N1CCC(C(C)(C)C)C1. The van der Waals surface area contributed by atoms with Gasteiger partial charge in [0.05, 0.1) is 5.92 Å². The second kappa shape index (κ2) is 6.46. The maximum absolute atomic E-state index is 12.5. The molecule has 1 aliphatic rings. The van der Waals surface area contributed by atoms with Crippen molar-refractivity contribution in [2.24, 2.45) is 17.3 Å². The second-order valence-electron chi connectivity index (χ2n) is 6.86. The molecular weight excluding hydrogens is 256 g/mol. The van der Waals surface area contributed by atoms with Gasteiger partial charge < -0.3 is 14.9 Å². The van der Waals surface area contributed by atoms with Crippen molar-refractivity contribution in [2.75, 3.05) is 26.2 Å². The maximum Gasteiger partial charge on any atom is 0.320 e. The molecule has 1 fully saturated rings. The number of carbonyl (C=O) groups is 2. The molecule has 0 spiro atoms. The van der Waals surface area contributed by atoms with Crippen molar-refractivity contribution in [3.63, 3.8) is 0 Å². The van der Waals surface area contributed by atoms with Crippen molar-refractivity contribution in [3.05, 3.63) is 0 Å². The van der Waals surface area contributed by atoms with E-state index in [0.29, 0.717) is 12.5 Å². The first-order chi connectivity index (χ1) is 9.16. The van der Waals surface area contributed by atoms with Crippen LogP contribution in [-0.2, 0) is 4.79 Å². The molecule has 0 aromatic carbocycles. The van der Waals surface area contributed by atoms with Crippen LogP contribution in [0.15, 0.2) is 0 Å². The minimum absolute atomic E-state index is 0.0210. The number of aliphatic carboxylic acids is 1. The summed E-state index contributed by atoms with van der Waals surface area (Å²) >= 11 is 0. The Balaban J connectivity index is 2.62. The molecule has 0 aromatic heterocycles. The van der Waals surface area contributed by atoms with Gasteiger partial charge >= 0.3 is 12.0 Å². The normalized spacial score (nSPS) is 20.9. The third-order valence-corrected chi connectivity index (χ3v) is 4.25. The van der Waals surface area contributed by atoms with Crippen molar-refractivity contribution in [1.82, 2.24) is 9.80 Å². The van der Waals surface area contributed by atoms with Gasteiger partial charge in [-0.2, -0.15) is 0 Å². The number of carboxylic acids is 1. The molecule has 116 valence electrons. The molecule has 0 bridgehead atoms. The zero-order valence-corrected chi connectivity index (χ0v) is 13.3. The van der Waals surface area contributed by atoms with E-state index in [-0.39, 0.29) is 18.0 Å². The molecule has 1 heterocycles. The average Bonchev–Trinajstić information content (AvgIpc) is 2.83. The zero-order valence-electron chi connectivity index (χ0n) is 13.3. The molecule has 2 amide bonds. The lowest BCUT2D eigenvalue weighted by atomic mass is 9.80. The van der Waals surface area contributed by atoms with E-state index in [9.17, 15) is 9.59 Å². The Morgan fingerprint density at radius 1 is 1.40 bits per heavy atom. The second-order valence-corrected chi connectivity index (χ2v) is 6.86. The van der Waals surface area contributed by atoms with Crippen LogP contribution in [0, 0.1) is 17.3 Å². The van der Waals surface area contributed by atoms with Gasteiger partial charge in [0.15, 0.2) is 0 Å². The van der Waals surface area contributed by atoms with Crippen LogP contribution in [0.3, 0.4) is 0 Å². The van der Waals surface area contributed by atoms with Crippen LogP contribution in [0.25, 0.3) is 0 Å². The van der Waals surface area contributed by atoms with Gasteiger partial charge in [-0.25, -0.2) is 4.79 Å². The Morgan fingerprint density at radius 3 is 2.40 bits per heavy atom. The summed E-state index contributed by atoms with van der Waals surface area (Å²) in [7, 11) is 0. The van der Waals surface area contributed by atoms with Crippen LogP contribution < -0.4 is 0 Å². The van der Waals surface area contributed by atoms with Gasteiger partial charge in [-0.3, -0.25) is 4.79 Å². The van der Waals surface area contributed by atoms with Crippen molar-refractivity contribution >= 4 is 12.0 Å². The van der Waals surface area contributed by atoms with E-state index in [0.717, 1.165) is 19.5 Å². The summed E-state index contributed by atoms with van der Waals surface area (Å²) in [4.78, 5) is 26.9. The number of hydrogen-bond acceptors (Lipinski definition) is 2. The van der Waals surface area contributed by atoms with E-state index >= 15 is 0 Å². The first-order valence-electron chi connectivity index (χ1n) is 7.43. The molecule has 0 aromatic rings. The lowest BCUT2D eigenvalue weighted by Crippen LogP contribution is -2.45. The fourth-order valence-electron chi connectivity index (χ4n) is 2.59. The highest BCUT2D eigenvalue weighted by Crippen LogP contribution is 2.33. The van der Waals surface area contributed by atoms with Crippen LogP contribution in [0.4, 0.5) is 4.79 Å². The Labute approximate surface area is 121 Å². The molecule has 0 aliphatic carbocycles. The molecule has 1 rings (SSSR count). The molecule has 1 saturated heterocycles. The van der Waals surface area contributed by atoms with Gasteiger partial charge in [-0.15, -0.1) is 0 Å². The van der Waals surface area contributed by atoms with E-state index in [2.05, 4.69) is 20.8 Å². The standard InChI is InChI=1S/C15H28N2O3/c1-6-16(9-11(2)13(18)19)14(20)17-8-7-12(10-17)15(3,4)5/h11-12H,6-10H2,1-5H3,(H,18,19). The Kier molecular flexibility index (Phi) is 5.42. The first kappa shape index (κ1) is 16.8. The number of amides is 2. The highest BCUT2D eigenvalue weighted by Gasteiger charge is 2.35. The molecule has 1 aliphatic heterocycles. The summed E-state index contributed by atoms with van der Waals surface area (Å²) in [5.41, 5.74) is 0.209. The summed E-state index contributed by atoms with van der Waals surface area (Å²) in [5.74, 6) is -0.868. The smallest absolute Gasteiger partial charge is 0.320 e. The van der Waals surface area contributed by atoms with E-state index in [1.54, 1.807) is 11.8 Å².